The van der Waals surface area contributed by atoms with Gasteiger partial charge in [0.1, 0.15) is 0 Å². The van der Waals surface area contributed by atoms with Gasteiger partial charge in [0.2, 0.25) is 0 Å². The zero-order chi connectivity index (χ0) is 12.7. The number of hydrogen-bond donors (Lipinski definition) is 3. The second-order valence-electron chi connectivity index (χ2n) is 4.19. The van der Waals surface area contributed by atoms with E-state index in [1.54, 1.807) is 6.33 Å². The molecule has 2 aromatic heterocycles. The predicted octanol–water partition coefficient (Wildman–Crippen LogP) is 0.715. The minimum absolute atomic E-state index is 0.203. The number of hydrogen-bond acceptors (Lipinski definition) is 3. The molecule has 3 rings (SSSR count). The lowest BCUT2D eigenvalue weighted by Crippen LogP contribution is -2.00. The number of rotatable bonds is 2. The van der Waals surface area contributed by atoms with E-state index in [2.05, 4.69) is 15.0 Å². The van der Waals surface area contributed by atoms with Gasteiger partial charge < -0.3 is 20.3 Å². The SMILES string of the molecule is Cn1cnc(CN)c1-c1ccc2[nH]c(=O)[nH]c2c1. The van der Waals surface area contributed by atoms with Gasteiger partial charge in [-0.3, -0.25) is 0 Å². The molecule has 18 heavy (non-hydrogen) atoms. The second-order valence-corrected chi connectivity index (χ2v) is 4.19. The van der Waals surface area contributed by atoms with Gasteiger partial charge in [-0.25, -0.2) is 9.78 Å². The Bertz CT molecular complexity index is 764. The van der Waals surface area contributed by atoms with Crippen LogP contribution in [0.15, 0.2) is 29.3 Å². The Kier molecular flexibility index (Phi) is 2.31. The van der Waals surface area contributed by atoms with E-state index in [0.29, 0.717) is 6.54 Å². The maximum absolute atomic E-state index is 11.2. The molecule has 2 heterocycles. The lowest BCUT2D eigenvalue weighted by Gasteiger charge is -2.05. The standard InChI is InChI=1S/C12H13N5O/c1-17-6-14-10(5-13)11(17)7-2-3-8-9(4-7)16-12(18)15-8/h2-4,6H,5,13H2,1H3,(H2,15,16,18). The highest BCUT2D eigenvalue weighted by Crippen LogP contribution is 2.24. The van der Waals surface area contributed by atoms with E-state index in [1.165, 1.54) is 0 Å². The molecule has 0 saturated heterocycles. The van der Waals surface area contributed by atoms with Crippen molar-refractivity contribution in [3.8, 4) is 11.3 Å². The predicted molar refractivity (Wildman–Crippen MR) is 69.0 cm³/mol. The average Bonchev–Trinajstić information content (AvgIpc) is 2.89. The van der Waals surface area contributed by atoms with Gasteiger partial charge >= 0.3 is 5.69 Å². The quantitative estimate of drug-likeness (QED) is 0.619. The highest BCUT2D eigenvalue weighted by Gasteiger charge is 2.11. The van der Waals surface area contributed by atoms with Crippen molar-refractivity contribution in [2.45, 2.75) is 6.54 Å². The van der Waals surface area contributed by atoms with Gasteiger partial charge in [0.15, 0.2) is 0 Å². The Morgan fingerprint density at radius 3 is 2.89 bits per heavy atom. The van der Waals surface area contributed by atoms with E-state index >= 15 is 0 Å². The van der Waals surface area contributed by atoms with Gasteiger partial charge in [0, 0.05) is 19.2 Å². The Morgan fingerprint density at radius 1 is 1.33 bits per heavy atom. The summed E-state index contributed by atoms with van der Waals surface area (Å²) in [6.07, 6.45) is 1.74. The fourth-order valence-electron chi connectivity index (χ4n) is 2.18. The molecule has 0 amide bonds. The van der Waals surface area contributed by atoms with E-state index < -0.39 is 0 Å². The van der Waals surface area contributed by atoms with E-state index in [0.717, 1.165) is 28.0 Å². The molecule has 0 spiro atoms. The molecule has 0 unspecified atom stereocenters. The summed E-state index contributed by atoms with van der Waals surface area (Å²) in [5, 5.41) is 0. The summed E-state index contributed by atoms with van der Waals surface area (Å²) in [5.74, 6) is 0. The number of nitrogens with one attached hydrogen (secondary N) is 2. The first kappa shape index (κ1) is 10.8. The minimum Gasteiger partial charge on any atom is -0.333 e. The molecule has 6 nitrogen and oxygen atoms in total. The first-order chi connectivity index (χ1) is 8.69. The Hall–Kier alpha value is -2.34. The Balaban J connectivity index is 2.24. The first-order valence-electron chi connectivity index (χ1n) is 5.61. The smallest absolute Gasteiger partial charge is 0.323 e. The van der Waals surface area contributed by atoms with Crippen LogP contribution in [0.2, 0.25) is 0 Å². The minimum atomic E-state index is -0.203. The number of aryl methyl sites for hydroxylation is 1. The van der Waals surface area contributed by atoms with Crippen molar-refractivity contribution in [1.29, 1.82) is 0 Å². The van der Waals surface area contributed by atoms with E-state index in [-0.39, 0.29) is 5.69 Å². The molecule has 1 aromatic carbocycles. The van der Waals surface area contributed by atoms with Crippen molar-refractivity contribution in [3.05, 3.63) is 40.7 Å². The number of nitrogens with zero attached hydrogens (tertiary/aromatic N) is 2. The molecule has 0 fully saturated rings. The van der Waals surface area contributed by atoms with Crippen LogP contribution in [0.3, 0.4) is 0 Å². The third-order valence-electron chi connectivity index (χ3n) is 3.00. The van der Waals surface area contributed by atoms with Crippen molar-refractivity contribution in [1.82, 2.24) is 19.5 Å². The van der Waals surface area contributed by atoms with Crippen LogP contribution >= 0.6 is 0 Å². The molecule has 0 atom stereocenters. The van der Waals surface area contributed by atoms with Gasteiger partial charge in [0.25, 0.3) is 0 Å². The van der Waals surface area contributed by atoms with Gasteiger partial charge in [-0.15, -0.1) is 0 Å². The van der Waals surface area contributed by atoms with Crippen LogP contribution in [0.1, 0.15) is 5.69 Å². The number of aromatic amines is 2. The van der Waals surface area contributed by atoms with Crippen molar-refractivity contribution in [3.63, 3.8) is 0 Å². The molecule has 92 valence electrons. The summed E-state index contributed by atoms with van der Waals surface area (Å²) in [7, 11) is 1.92. The average molecular weight is 243 g/mol. The fraction of sp³-hybridized carbons (Fsp3) is 0.167. The summed E-state index contributed by atoms with van der Waals surface area (Å²) >= 11 is 0. The summed E-state index contributed by atoms with van der Waals surface area (Å²) < 4.78 is 1.92. The molecule has 0 aliphatic heterocycles. The molecule has 4 N–H and O–H groups in total. The lowest BCUT2D eigenvalue weighted by molar-refractivity contribution is 0.920. The molecule has 3 aromatic rings. The Morgan fingerprint density at radius 2 is 2.11 bits per heavy atom. The number of imidazole rings is 2. The van der Waals surface area contributed by atoms with E-state index in [9.17, 15) is 4.79 Å². The monoisotopic (exact) mass is 243 g/mol. The number of H-pyrrole nitrogens is 2. The second kappa shape index (κ2) is 3.85. The maximum atomic E-state index is 11.2. The molecule has 0 saturated carbocycles. The Labute approximate surface area is 102 Å². The van der Waals surface area contributed by atoms with Gasteiger partial charge in [-0.2, -0.15) is 0 Å². The molecule has 0 aliphatic carbocycles. The number of benzene rings is 1. The number of nitrogens with two attached hydrogens (primary N) is 1. The third kappa shape index (κ3) is 1.54. The van der Waals surface area contributed by atoms with Crippen LogP contribution < -0.4 is 11.4 Å². The van der Waals surface area contributed by atoms with Crippen LogP contribution in [-0.2, 0) is 13.6 Å². The van der Waals surface area contributed by atoms with Crippen LogP contribution in [0.4, 0.5) is 0 Å². The van der Waals surface area contributed by atoms with Crippen molar-refractivity contribution in [2.24, 2.45) is 12.8 Å². The summed E-state index contributed by atoms with van der Waals surface area (Å²) in [5.41, 5.74) is 9.85. The van der Waals surface area contributed by atoms with Gasteiger partial charge in [-0.05, 0) is 12.1 Å². The highest BCUT2D eigenvalue weighted by atomic mass is 16.1. The van der Waals surface area contributed by atoms with Crippen LogP contribution in [0, 0.1) is 0 Å². The largest absolute Gasteiger partial charge is 0.333 e. The summed E-state index contributed by atoms with van der Waals surface area (Å²) in [6.45, 7) is 0.387. The molecular formula is C12H13N5O. The zero-order valence-corrected chi connectivity index (χ0v) is 9.90. The zero-order valence-electron chi connectivity index (χ0n) is 9.90. The molecule has 0 aliphatic rings. The number of fused-ring (bicyclic) bond motifs is 1. The molecule has 0 bridgehead atoms. The van der Waals surface area contributed by atoms with E-state index in [1.807, 2.05) is 29.8 Å². The van der Waals surface area contributed by atoms with Crippen LogP contribution in [-0.4, -0.2) is 19.5 Å². The van der Waals surface area contributed by atoms with Gasteiger partial charge in [0.05, 0.1) is 28.7 Å². The van der Waals surface area contributed by atoms with Crippen LogP contribution in [0.5, 0.6) is 0 Å². The molecule has 0 radical (unpaired) electrons. The maximum Gasteiger partial charge on any atom is 0.323 e. The van der Waals surface area contributed by atoms with Crippen LogP contribution in [0.25, 0.3) is 22.3 Å². The first-order valence-corrected chi connectivity index (χ1v) is 5.61. The third-order valence-corrected chi connectivity index (χ3v) is 3.00. The molecule has 6 heteroatoms. The van der Waals surface area contributed by atoms with Crippen molar-refractivity contribution >= 4 is 11.0 Å². The van der Waals surface area contributed by atoms with E-state index in [4.69, 9.17) is 5.73 Å². The normalized spacial score (nSPS) is 11.2. The molecular weight excluding hydrogens is 230 g/mol. The fourth-order valence-corrected chi connectivity index (χ4v) is 2.18. The highest BCUT2D eigenvalue weighted by molar-refractivity contribution is 5.81. The van der Waals surface area contributed by atoms with Gasteiger partial charge in [-0.1, -0.05) is 6.07 Å². The van der Waals surface area contributed by atoms with Crippen molar-refractivity contribution in [2.75, 3.05) is 0 Å². The topological polar surface area (TPSA) is 92.5 Å². The summed E-state index contributed by atoms with van der Waals surface area (Å²) in [6, 6.07) is 5.74. The summed E-state index contributed by atoms with van der Waals surface area (Å²) in [4.78, 5) is 20.9. The van der Waals surface area contributed by atoms with Crippen molar-refractivity contribution < 1.29 is 0 Å². The number of aromatic nitrogens is 4. The lowest BCUT2D eigenvalue weighted by atomic mass is 10.1.